The lowest BCUT2D eigenvalue weighted by Gasteiger charge is -2.15. The van der Waals surface area contributed by atoms with Gasteiger partial charge in [-0.1, -0.05) is 0 Å². The van der Waals surface area contributed by atoms with Crippen molar-refractivity contribution in [1.82, 2.24) is 0 Å². The maximum atomic E-state index is 10.6. The molecule has 0 aliphatic rings. The topological polar surface area (TPSA) is 104 Å². The molecule has 0 bridgehead atoms. The summed E-state index contributed by atoms with van der Waals surface area (Å²) in [6.45, 7) is 1.80. The van der Waals surface area contributed by atoms with Gasteiger partial charge in [0.2, 0.25) is 0 Å². The Bertz CT molecular complexity index is 403. The van der Waals surface area contributed by atoms with E-state index in [0.717, 1.165) is 0 Å². The molecule has 5 heteroatoms. The minimum atomic E-state index is -0.972. The second kappa shape index (κ2) is 4.85. The van der Waals surface area contributed by atoms with Crippen molar-refractivity contribution in [3.05, 3.63) is 23.3 Å². The van der Waals surface area contributed by atoms with Gasteiger partial charge in [-0.25, -0.2) is 0 Å². The van der Waals surface area contributed by atoms with Crippen LogP contribution >= 0.6 is 0 Å². The molecule has 0 spiro atoms. The van der Waals surface area contributed by atoms with Crippen molar-refractivity contribution in [3.8, 4) is 11.5 Å². The molecule has 88 valence electrons. The van der Waals surface area contributed by atoms with E-state index in [1.165, 1.54) is 6.07 Å². The Morgan fingerprint density at radius 1 is 1.38 bits per heavy atom. The van der Waals surface area contributed by atoms with Crippen molar-refractivity contribution < 1.29 is 20.1 Å². The van der Waals surface area contributed by atoms with Crippen LogP contribution in [0.3, 0.4) is 0 Å². The number of rotatable bonds is 4. The lowest BCUT2D eigenvalue weighted by Crippen LogP contribution is -2.16. The average molecular weight is 225 g/mol. The number of aryl methyl sites for hydroxylation is 1. The SMILES string of the molecule is Cc1cc(C(CN)CC(=O)O)c(O)cc1O. The van der Waals surface area contributed by atoms with Gasteiger partial charge in [-0.3, -0.25) is 4.79 Å². The first-order valence-electron chi connectivity index (χ1n) is 4.90. The first kappa shape index (κ1) is 12.3. The van der Waals surface area contributed by atoms with E-state index >= 15 is 0 Å². The maximum Gasteiger partial charge on any atom is 0.304 e. The van der Waals surface area contributed by atoms with E-state index in [1.54, 1.807) is 13.0 Å². The first-order valence-corrected chi connectivity index (χ1v) is 4.90. The molecule has 1 atom stereocenters. The van der Waals surface area contributed by atoms with Crippen LogP contribution in [-0.2, 0) is 4.79 Å². The Morgan fingerprint density at radius 2 is 2.00 bits per heavy atom. The van der Waals surface area contributed by atoms with Gasteiger partial charge in [0, 0.05) is 12.0 Å². The smallest absolute Gasteiger partial charge is 0.304 e. The number of nitrogens with two attached hydrogens (primary N) is 1. The normalized spacial score (nSPS) is 12.4. The summed E-state index contributed by atoms with van der Waals surface area (Å²) < 4.78 is 0. The van der Waals surface area contributed by atoms with E-state index < -0.39 is 11.9 Å². The number of phenolic OH excluding ortho intramolecular Hbond substituents is 2. The summed E-state index contributed by atoms with van der Waals surface area (Å²) >= 11 is 0. The number of carbonyl (C=O) groups is 1. The molecule has 0 radical (unpaired) electrons. The number of aromatic hydroxyl groups is 2. The number of carboxylic acid groups (broad SMARTS) is 1. The predicted molar refractivity (Wildman–Crippen MR) is 58.6 cm³/mol. The van der Waals surface area contributed by atoms with Crippen LogP contribution in [0.1, 0.15) is 23.5 Å². The molecule has 5 N–H and O–H groups in total. The summed E-state index contributed by atoms with van der Waals surface area (Å²) in [5.74, 6) is -1.57. The van der Waals surface area contributed by atoms with Crippen molar-refractivity contribution in [2.45, 2.75) is 19.3 Å². The van der Waals surface area contributed by atoms with E-state index in [1.807, 2.05) is 0 Å². The van der Waals surface area contributed by atoms with Gasteiger partial charge in [0.1, 0.15) is 11.5 Å². The highest BCUT2D eigenvalue weighted by Gasteiger charge is 2.18. The number of benzene rings is 1. The zero-order valence-electron chi connectivity index (χ0n) is 8.97. The minimum absolute atomic E-state index is 0.0210. The molecule has 0 saturated heterocycles. The molecule has 0 aromatic heterocycles. The van der Waals surface area contributed by atoms with Crippen molar-refractivity contribution in [2.24, 2.45) is 5.73 Å². The van der Waals surface area contributed by atoms with Crippen LogP contribution in [0.5, 0.6) is 11.5 Å². The predicted octanol–water partition coefficient (Wildman–Crippen LogP) is 0.923. The monoisotopic (exact) mass is 225 g/mol. The summed E-state index contributed by atoms with van der Waals surface area (Å²) in [5, 5.41) is 27.7. The van der Waals surface area contributed by atoms with Gasteiger partial charge in [0.25, 0.3) is 0 Å². The van der Waals surface area contributed by atoms with E-state index in [2.05, 4.69) is 0 Å². The molecule has 16 heavy (non-hydrogen) atoms. The highest BCUT2D eigenvalue weighted by molar-refractivity contribution is 5.68. The van der Waals surface area contributed by atoms with Crippen molar-refractivity contribution >= 4 is 5.97 Å². The lowest BCUT2D eigenvalue weighted by molar-refractivity contribution is -0.137. The Hall–Kier alpha value is -1.75. The number of carboxylic acids is 1. The largest absolute Gasteiger partial charge is 0.508 e. The fourth-order valence-electron chi connectivity index (χ4n) is 1.57. The number of phenols is 2. The molecule has 0 aliphatic carbocycles. The molecule has 0 amide bonds. The summed E-state index contributed by atoms with van der Waals surface area (Å²) in [5.41, 5.74) is 6.51. The Kier molecular flexibility index (Phi) is 3.73. The highest BCUT2D eigenvalue weighted by Crippen LogP contribution is 2.33. The van der Waals surface area contributed by atoms with Crippen LogP contribution in [0.25, 0.3) is 0 Å². The molecule has 1 aromatic rings. The van der Waals surface area contributed by atoms with Crippen molar-refractivity contribution in [3.63, 3.8) is 0 Å². The molecular weight excluding hydrogens is 210 g/mol. The summed E-state index contributed by atoms with van der Waals surface area (Å²) in [6.07, 6.45) is -0.145. The molecule has 1 aromatic carbocycles. The van der Waals surface area contributed by atoms with E-state index in [9.17, 15) is 15.0 Å². The van der Waals surface area contributed by atoms with E-state index in [0.29, 0.717) is 11.1 Å². The fraction of sp³-hybridized carbons (Fsp3) is 0.364. The third-order valence-corrected chi connectivity index (χ3v) is 2.49. The average Bonchev–Trinajstić information content (AvgIpc) is 2.20. The van der Waals surface area contributed by atoms with Gasteiger partial charge in [-0.15, -0.1) is 0 Å². The minimum Gasteiger partial charge on any atom is -0.508 e. The number of aliphatic carboxylic acids is 1. The molecule has 5 nitrogen and oxygen atoms in total. The highest BCUT2D eigenvalue weighted by atomic mass is 16.4. The van der Waals surface area contributed by atoms with Gasteiger partial charge in [0.15, 0.2) is 0 Å². The van der Waals surface area contributed by atoms with Gasteiger partial charge in [0.05, 0.1) is 6.42 Å². The Balaban J connectivity index is 3.09. The van der Waals surface area contributed by atoms with Gasteiger partial charge < -0.3 is 21.1 Å². The number of hydrogen-bond acceptors (Lipinski definition) is 4. The van der Waals surface area contributed by atoms with Gasteiger partial charge >= 0.3 is 5.97 Å². The molecule has 0 fully saturated rings. The van der Waals surface area contributed by atoms with E-state index in [-0.39, 0.29) is 24.5 Å². The molecule has 1 rings (SSSR count). The van der Waals surface area contributed by atoms with Crippen LogP contribution in [0.2, 0.25) is 0 Å². The summed E-state index contributed by atoms with van der Waals surface area (Å²) in [7, 11) is 0. The number of hydrogen-bond donors (Lipinski definition) is 4. The zero-order chi connectivity index (χ0) is 12.3. The van der Waals surface area contributed by atoms with Crippen LogP contribution in [0.15, 0.2) is 12.1 Å². The fourth-order valence-corrected chi connectivity index (χ4v) is 1.57. The molecule has 1 unspecified atom stereocenters. The van der Waals surface area contributed by atoms with Crippen molar-refractivity contribution in [2.75, 3.05) is 6.54 Å². The molecular formula is C11H15NO4. The second-order valence-electron chi connectivity index (χ2n) is 3.73. The lowest BCUT2D eigenvalue weighted by atomic mass is 9.93. The van der Waals surface area contributed by atoms with Crippen molar-refractivity contribution in [1.29, 1.82) is 0 Å². The Morgan fingerprint density at radius 3 is 2.50 bits per heavy atom. The maximum absolute atomic E-state index is 10.6. The summed E-state index contributed by atoms with van der Waals surface area (Å²) in [4.78, 5) is 10.6. The first-order chi connectivity index (χ1) is 7.45. The van der Waals surface area contributed by atoms with Crippen LogP contribution < -0.4 is 5.73 Å². The third-order valence-electron chi connectivity index (χ3n) is 2.49. The van der Waals surface area contributed by atoms with Crippen LogP contribution in [-0.4, -0.2) is 27.8 Å². The standard InChI is InChI=1S/C11H15NO4/c1-6-2-8(10(14)4-9(6)13)7(5-12)3-11(15)16/h2,4,7,13-14H,3,5,12H2,1H3,(H,15,16). The van der Waals surface area contributed by atoms with Crippen LogP contribution in [0.4, 0.5) is 0 Å². The van der Waals surface area contributed by atoms with Gasteiger partial charge in [-0.2, -0.15) is 0 Å². The molecule has 0 aliphatic heterocycles. The molecule has 0 heterocycles. The van der Waals surface area contributed by atoms with E-state index in [4.69, 9.17) is 10.8 Å². The summed E-state index contributed by atoms with van der Waals surface area (Å²) in [6, 6.07) is 2.76. The van der Waals surface area contributed by atoms with Gasteiger partial charge in [-0.05, 0) is 30.7 Å². The quantitative estimate of drug-likeness (QED) is 0.610. The second-order valence-corrected chi connectivity index (χ2v) is 3.73. The zero-order valence-corrected chi connectivity index (χ0v) is 8.97. The van der Waals surface area contributed by atoms with Crippen LogP contribution in [0, 0.1) is 6.92 Å². The Labute approximate surface area is 93.1 Å². The molecule has 0 saturated carbocycles. The third kappa shape index (κ3) is 2.64.